The van der Waals surface area contributed by atoms with Crippen LogP contribution in [0.15, 0.2) is 42.6 Å². The Balaban J connectivity index is 1.61. The Morgan fingerprint density at radius 1 is 1.19 bits per heavy atom. The van der Waals surface area contributed by atoms with E-state index in [1.165, 1.54) is 6.92 Å². The molecule has 26 heavy (non-hydrogen) atoms. The summed E-state index contributed by atoms with van der Waals surface area (Å²) in [6.07, 6.45) is 2.53. The quantitative estimate of drug-likeness (QED) is 0.668. The summed E-state index contributed by atoms with van der Waals surface area (Å²) >= 11 is 0. The molecule has 0 aliphatic carbocycles. The lowest BCUT2D eigenvalue weighted by atomic mass is 10.1. The molecule has 2 heterocycles. The maximum atomic E-state index is 12.1. The van der Waals surface area contributed by atoms with Crippen LogP contribution >= 0.6 is 0 Å². The largest absolute Gasteiger partial charge is 0.336 e. The van der Waals surface area contributed by atoms with Crippen LogP contribution in [-0.4, -0.2) is 32.9 Å². The van der Waals surface area contributed by atoms with Crippen molar-refractivity contribution in [2.45, 2.75) is 26.8 Å². The zero-order valence-electron chi connectivity index (χ0n) is 14.8. The molecule has 134 valence electrons. The number of urea groups is 1. The third-order valence-corrected chi connectivity index (χ3v) is 4.05. The van der Waals surface area contributed by atoms with E-state index in [9.17, 15) is 9.59 Å². The number of nitrogens with zero attached hydrogens (tertiary/aromatic N) is 3. The van der Waals surface area contributed by atoms with Gasteiger partial charge in [-0.3, -0.25) is 4.79 Å². The molecule has 0 atom stereocenters. The lowest BCUT2D eigenvalue weighted by Gasteiger charge is -2.10. The van der Waals surface area contributed by atoms with Gasteiger partial charge in [0.25, 0.3) is 0 Å². The molecule has 0 saturated carbocycles. The van der Waals surface area contributed by atoms with Crippen molar-refractivity contribution in [3.05, 3.63) is 54.0 Å². The van der Waals surface area contributed by atoms with Gasteiger partial charge in [-0.15, -0.1) is 0 Å². The molecular weight excluding hydrogens is 330 g/mol. The summed E-state index contributed by atoms with van der Waals surface area (Å²) in [7, 11) is 0. The minimum atomic E-state index is -0.318. The van der Waals surface area contributed by atoms with Gasteiger partial charge in [-0.2, -0.15) is 0 Å². The van der Waals surface area contributed by atoms with Gasteiger partial charge in [-0.05, 0) is 31.2 Å². The summed E-state index contributed by atoms with van der Waals surface area (Å²) in [4.78, 5) is 32.4. The van der Waals surface area contributed by atoms with Crippen molar-refractivity contribution >= 4 is 28.7 Å². The first kappa shape index (κ1) is 17.6. The summed E-state index contributed by atoms with van der Waals surface area (Å²) in [5.74, 6) is 0.899. The van der Waals surface area contributed by atoms with E-state index in [0.29, 0.717) is 24.3 Å². The Kier molecular flexibility index (Phi) is 5.26. The maximum Gasteiger partial charge on any atom is 0.319 e. The van der Waals surface area contributed by atoms with Gasteiger partial charge in [0.15, 0.2) is 11.4 Å². The predicted molar refractivity (Wildman–Crippen MR) is 100 cm³/mol. The highest BCUT2D eigenvalue weighted by Gasteiger charge is 2.10. The first-order valence-electron chi connectivity index (χ1n) is 8.54. The first-order valence-corrected chi connectivity index (χ1v) is 8.54. The first-order chi connectivity index (χ1) is 12.6. The molecule has 0 fully saturated rings. The molecule has 0 bridgehead atoms. The van der Waals surface area contributed by atoms with E-state index in [1.807, 2.05) is 23.6 Å². The Hall–Kier alpha value is -3.22. The number of hydrogen-bond acceptors (Lipinski definition) is 4. The van der Waals surface area contributed by atoms with Crippen LogP contribution in [-0.2, 0) is 13.0 Å². The standard InChI is InChI=1S/C19H21N5O2/c1-3-17-23-16-8-5-9-20-18(16)24(17)11-10-21-19(26)22-15-7-4-6-14(12-15)13(2)25/h4-9,12H,3,10-11H2,1-2H3,(H2,21,22,26). The lowest BCUT2D eigenvalue weighted by molar-refractivity contribution is 0.101. The number of pyridine rings is 1. The lowest BCUT2D eigenvalue weighted by Crippen LogP contribution is -2.31. The van der Waals surface area contributed by atoms with Crippen LogP contribution in [0.2, 0.25) is 0 Å². The van der Waals surface area contributed by atoms with E-state index in [0.717, 1.165) is 23.4 Å². The van der Waals surface area contributed by atoms with Crippen molar-refractivity contribution in [1.29, 1.82) is 0 Å². The minimum Gasteiger partial charge on any atom is -0.336 e. The fourth-order valence-electron chi connectivity index (χ4n) is 2.78. The Morgan fingerprint density at radius 3 is 2.81 bits per heavy atom. The van der Waals surface area contributed by atoms with E-state index in [4.69, 9.17) is 0 Å². The fraction of sp³-hybridized carbons (Fsp3) is 0.263. The summed E-state index contributed by atoms with van der Waals surface area (Å²) in [5.41, 5.74) is 2.82. The maximum absolute atomic E-state index is 12.1. The topological polar surface area (TPSA) is 88.9 Å². The van der Waals surface area contributed by atoms with Crippen LogP contribution in [0.1, 0.15) is 30.0 Å². The van der Waals surface area contributed by atoms with E-state index in [1.54, 1.807) is 30.5 Å². The smallest absolute Gasteiger partial charge is 0.319 e. The van der Waals surface area contributed by atoms with Crippen LogP contribution in [0.25, 0.3) is 11.2 Å². The number of Topliss-reactive ketones (excluding diaryl/α,β-unsaturated/α-hetero) is 1. The molecule has 3 aromatic rings. The molecule has 2 aromatic heterocycles. The highest BCUT2D eigenvalue weighted by molar-refractivity contribution is 5.96. The number of carbonyl (C=O) groups is 2. The SMILES string of the molecule is CCc1nc2cccnc2n1CCNC(=O)Nc1cccc(C(C)=O)c1. The molecule has 0 aliphatic heterocycles. The average Bonchev–Trinajstić information content (AvgIpc) is 3.00. The predicted octanol–water partition coefficient (Wildman–Crippen LogP) is 3.02. The molecule has 7 nitrogen and oxygen atoms in total. The Labute approximate surface area is 151 Å². The van der Waals surface area contributed by atoms with E-state index >= 15 is 0 Å². The van der Waals surface area contributed by atoms with Crippen LogP contribution < -0.4 is 10.6 Å². The van der Waals surface area contributed by atoms with Gasteiger partial charge in [0, 0.05) is 37.0 Å². The zero-order chi connectivity index (χ0) is 18.5. The highest BCUT2D eigenvalue weighted by Crippen LogP contribution is 2.14. The van der Waals surface area contributed by atoms with Gasteiger partial charge in [0.1, 0.15) is 11.3 Å². The number of carbonyl (C=O) groups excluding carboxylic acids is 2. The third-order valence-electron chi connectivity index (χ3n) is 4.05. The normalized spacial score (nSPS) is 10.7. The Bertz CT molecular complexity index is 948. The minimum absolute atomic E-state index is 0.0411. The van der Waals surface area contributed by atoms with Crippen LogP contribution in [0, 0.1) is 0 Å². The number of imidazole rings is 1. The van der Waals surface area contributed by atoms with Crippen molar-refractivity contribution in [3.8, 4) is 0 Å². The molecule has 2 N–H and O–H groups in total. The summed E-state index contributed by atoms with van der Waals surface area (Å²) < 4.78 is 2.02. The fourth-order valence-corrected chi connectivity index (χ4v) is 2.78. The molecule has 0 aliphatic rings. The second-order valence-corrected chi connectivity index (χ2v) is 5.90. The average molecular weight is 351 g/mol. The van der Waals surface area contributed by atoms with Gasteiger partial charge in [-0.25, -0.2) is 14.8 Å². The van der Waals surface area contributed by atoms with E-state index in [2.05, 4.69) is 20.6 Å². The molecule has 1 aromatic carbocycles. The van der Waals surface area contributed by atoms with Gasteiger partial charge in [0.05, 0.1) is 0 Å². The number of fused-ring (bicyclic) bond motifs is 1. The van der Waals surface area contributed by atoms with Crippen LogP contribution in [0.5, 0.6) is 0 Å². The van der Waals surface area contributed by atoms with Gasteiger partial charge >= 0.3 is 6.03 Å². The van der Waals surface area contributed by atoms with Gasteiger partial charge in [0.2, 0.25) is 0 Å². The number of hydrogen-bond donors (Lipinski definition) is 2. The number of amides is 2. The molecule has 2 amide bonds. The number of anilines is 1. The second kappa shape index (κ2) is 7.77. The molecule has 0 saturated heterocycles. The number of rotatable bonds is 6. The number of aromatic nitrogens is 3. The summed E-state index contributed by atoms with van der Waals surface area (Å²) in [6.45, 7) is 4.55. The molecule has 0 unspecified atom stereocenters. The van der Waals surface area contributed by atoms with E-state index < -0.39 is 0 Å². The van der Waals surface area contributed by atoms with Crippen LogP contribution in [0.3, 0.4) is 0 Å². The van der Waals surface area contributed by atoms with Crippen molar-refractivity contribution in [2.75, 3.05) is 11.9 Å². The van der Waals surface area contributed by atoms with Crippen molar-refractivity contribution in [3.63, 3.8) is 0 Å². The summed E-state index contributed by atoms with van der Waals surface area (Å²) in [6, 6.07) is 10.3. The monoisotopic (exact) mass is 351 g/mol. The zero-order valence-corrected chi connectivity index (χ0v) is 14.8. The van der Waals surface area contributed by atoms with Gasteiger partial charge < -0.3 is 15.2 Å². The molecule has 0 radical (unpaired) electrons. The number of aryl methyl sites for hydroxylation is 1. The molecule has 7 heteroatoms. The second-order valence-electron chi connectivity index (χ2n) is 5.90. The van der Waals surface area contributed by atoms with Crippen molar-refractivity contribution in [2.24, 2.45) is 0 Å². The summed E-state index contributed by atoms with van der Waals surface area (Å²) in [5, 5.41) is 5.56. The van der Waals surface area contributed by atoms with Gasteiger partial charge in [-0.1, -0.05) is 19.1 Å². The third kappa shape index (κ3) is 3.88. The van der Waals surface area contributed by atoms with Crippen molar-refractivity contribution in [1.82, 2.24) is 19.9 Å². The number of nitrogens with one attached hydrogen (secondary N) is 2. The number of ketones is 1. The Morgan fingerprint density at radius 2 is 2.04 bits per heavy atom. The number of benzene rings is 1. The highest BCUT2D eigenvalue weighted by atomic mass is 16.2. The van der Waals surface area contributed by atoms with E-state index in [-0.39, 0.29) is 11.8 Å². The van der Waals surface area contributed by atoms with Crippen LogP contribution in [0.4, 0.5) is 10.5 Å². The van der Waals surface area contributed by atoms with Crippen molar-refractivity contribution < 1.29 is 9.59 Å². The molecule has 3 rings (SSSR count). The molecular formula is C19H21N5O2. The molecule has 0 spiro atoms.